The van der Waals surface area contributed by atoms with E-state index in [0.29, 0.717) is 12.0 Å². The maximum Gasteiger partial charge on any atom is 0.190 e. The number of nitrogens with zero attached hydrogens (tertiary/aromatic N) is 3. The van der Waals surface area contributed by atoms with Gasteiger partial charge in [-0.1, -0.05) is 37.3 Å². The number of hydrogen-bond donors (Lipinski definition) is 2. The molecule has 1 heterocycles. The standard InChI is InChI=1S/C22H39N5O.HI/c1-19(17-27-12-14-28-15-13-27)16-25-22(23-3)24-11-10-20(2)26(4)18-21-8-6-5-7-9-21;/h5-9,19-20H,10-18H2,1-4H3,(H2,23,24,25);1H. The maximum atomic E-state index is 5.42. The quantitative estimate of drug-likeness (QED) is 0.284. The van der Waals surface area contributed by atoms with Gasteiger partial charge in [0, 0.05) is 52.4 Å². The summed E-state index contributed by atoms with van der Waals surface area (Å²) in [4.78, 5) is 9.25. The Labute approximate surface area is 194 Å². The van der Waals surface area contributed by atoms with Crippen LogP contribution in [-0.4, -0.2) is 81.8 Å². The lowest BCUT2D eigenvalue weighted by molar-refractivity contribution is 0.0320. The lowest BCUT2D eigenvalue weighted by Crippen LogP contribution is -2.44. The number of nitrogens with one attached hydrogen (secondary N) is 2. The van der Waals surface area contributed by atoms with Crippen LogP contribution in [-0.2, 0) is 11.3 Å². The predicted octanol–water partition coefficient (Wildman–Crippen LogP) is 2.65. The maximum absolute atomic E-state index is 5.42. The summed E-state index contributed by atoms with van der Waals surface area (Å²) in [6.45, 7) is 12.3. The largest absolute Gasteiger partial charge is 0.379 e. The van der Waals surface area contributed by atoms with Crippen molar-refractivity contribution in [3.05, 3.63) is 35.9 Å². The summed E-state index contributed by atoms with van der Waals surface area (Å²) < 4.78 is 5.42. The van der Waals surface area contributed by atoms with Crippen molar-refractivity contribution in [2.45, 2.75) is 32.9 Å². The van der Waals surface area contributed by atoms with Crippen molar-refractivity contribution in [1.82, 2.24) is 20.4 Å². The molecule has 0 aromatic heterocycles. The highest BCUT2D eigenvalue weighted by Crippen LogP contribution is 2.08. The molecule has 1 fully saturated rings. The molecular formula is C22H40IN5O. The van der Waals surface area contributed by atoms with Crippen LogP contribution in [0, 0.1) is 5.92 Å². The van der Waals surface area contributed by atoms with Crippen molar-refractivity contribution in [1.29, 1.82) is 0 Å². The monoisotopic (exact) mass is 517 g/mol. The number of guanidine groups is 1. The third-order valence-electron chi connectivity index (χ3n) is 5.40. The van der Waals surface area contributed by atoms with Crippen LogP contribution >= 0.6 is 24.0 Å². The molecule has 2 rings (SSSR count). The van der Waals surface area contributed by atoms with Gasteiger partial charge in [-0.05, 0) is 31.9 Å². The van der Waals surface area contributed by atoms with Gasteiger partial charge in [0.25, 0.3) is 0 Å². The Kier molecular flexibility index (Phi) is 13.5. The van der Waals surface area contributed by atoms with E-state index in [0.717, 1.165) is 64.9 Å². The number of morpholine rings is 1. The van der Waals surface area contributed by atoms with Crippen LogP contribution in [0.1, 0.15) is 25.8 Å². The van der Waals surface area contributed by atoms with E-state index in [4.69, 9.17) is 4.74 Å². The van der Waals surface area contributed by atoms with Crippen LogP contribution in [0.25, 0.3) is 0 Å². The minimum Gasteiger partial charge on any atom is -0.379 e. The highest BCUT2D eigenvalue weighted by atomic mass is 127. The molecule has 0 bridgehead atoms. The van der Waals surface area contributed by atoms with Crippen molar-refractivity contribution in [2.24, 2.45) is 10.9 Å². The molecule has 1 saturated heterocycles. The van der Waals surface area contributed by atoms with E-state index in [2.05, 4.69) is 76.7 Å². The zero-order chi connectivity index (χ0) is 20.2. The molecule has 1 aromatic carbocycles. The molecule has 1 aliphatic heterocycles. The second-order valence-electron chi connectivity index (χ2n) is 7.94. The molecule has 0 amide bonds. The number of aliphatic imine (C=N–C) groups is 1. The van der Waals surface area contributed by atoms with Crippen LogP contribution in [0.5, 0.6) is 0 Å². The Morgan fingerprint density at radius 3 is 2.52 bits per heavy atom. The number of hydrogen-bond acceptors (Lipinski definition) is 4. The van der Waals surface area contributed by atoms with Gasteiger partial charge < -0.3 is 15.4 Å². The lowest BCUT2D eigenvalue weighted by atomic mass is 10.1. The molecule has 2 atom stereocenters. The second-order valence-corrected chi connectivity index (χ2v) is 7.94. The summed E-state index contributed by atoms with van der Waals surface area (Å²) in [5.41, 5.74) is 1.36. The Balaban J connectivity index is 0.00000420. The van der Waals surface area contributed by atoms with Crippen LogP contribution in [0.4, 0.5) is 0 Å². The van der Waals surface area contributed by atoms with Crippen LogP contribution < -0.4 is 10.6 Å². The third kappa shape index (κ3) is 10.6. The minimum absolute atomic E-state index is 0. The van der Waals surface area contributed by atoms with Gasteiger partial charge in [-0.25, -0.2) is 0 Å². The number of rotatable bonds is 10. The Bertz CT molecular complexity index is 566. The van der Waals surface area contributed by atoms with Crippen molar-refractivity contribution in [3.63, 3.8) is 0 Å². The van der Waals surface area contributed by atoms with Gasteiger partial charge in [-0.15, -0.1) is 24.0 Å². The first-order valence-electron chi connectivity index (χ1n) is 10.6. The van der Waals surface area contributed by atoms with Crippen molar-refractivity contribution in [3.8, 4) is 0 Å². The molecule has 29 heavy (non-hydrogen) atoms. The average molecular weight is 518 g/mol. The summed E-state index contributed by atoms with van der Waals surface area (Å²) in [6, 6.07) is 11.1. The van der Waals surface area contributed by atoms with Gasteiger partial charge in [0.05, 0.1) is 13.2 Å². The molecule has 0 saturated carbocycles. The highest BCUT2D eigenvalue weighted by Gasteiger charge is 2.14. The van der Waals surface area contributed by atoms with Gasteiger partial charge >= 0.3 is 0 Å². The summed E-state index contributed by atoms with van der Waals surface area (Å²) in [6.07, 6.45) is 1.08. The van der Waals surface area contributed by atoms with E-state index in [1.165, 1.54) is 5.56 Å². The first-order valence-corrected chi connectivity index (χ1v) is 10.6. The molecule has 0 aliphatic carbocycles. The van der Waals surface area contributed by atoms with Crippen molar-refractivity contribution in [2.75, 3.05) is 60.0 Å². The van der Waals surface area contributed by atoms with Crippen molar-refractivity contribution < 1.29 is 4.74 Å². The molecule has 1 aliphatic rings. The molecule has 166 valence electrons. The van der Waals surface area contributed by atoms with Gasteiger partial charge in [0.15, 0.2) is 5.96 Å². The van der Waals surface area contributed by atoms with Crippen LogP contribution in [0.3, 0.4) is 0 Å². The Hall–Kier alpha value is -0.900. The first-order chi connectivity index (χ1) is 13.6. The molecule has 7 heteroatoms. The fraction of sp³-hybridized carbons (Fsp3) is 0.682. The summed E-state index contributed by atoms with van der Waals surface area (Å²) in [5.74, 6) is 1.47. The molecule has 6 nitrogen and oxygen atoms in total. The van der Waals surface area contributed by atoms with Crippen LogP contribution in [0.15, 0.2) is 35.3 Å². The van der Waals surface area contributed by atoms with Gasteiger partial charge in [0.1, 0.15) is 0 Å². The lowest BCUT2D eigenvalue weighted by Gasteiger charge is -2.29. The fourth-order valence-corrected chi connectivity index (χ4v) is 3.43. The van der Waals surface area contributed by atoms with Gasteiger partial charge in [-0.2, -0.15) is 0 Å². The predicted molar refractivity (Wildman–Crippen MR) is 133 cm³/mol. The molecule has 0 spiro atoms. The Morgan fingerprint density at radius 1 is 1.17 bits per heavy atom. The summed E-state index contributed by atoms with van der Waals surface area (Å²) in [7, 11) is 4.03. The third-order valence-corrected chi connectivity index (χ3v) is 5.40. The Morgan fingerprint density at radius 2 is 1.86 bits per heavy atom. The summed E-state index contributed by atoms with van der Waals surface area (Å²) in [5, 5.41) is 6.93. The normalized spacial score (nSPS) is 17.5. The molecule has 1 aromatic rings. The molecule has 2 unspecified atom stereocenters. The van der Waals surface area contributed by atoms with E-state index >= 15 is 0 Å². The zero-order valence-corrected chi connectivity index (χ0v) is 20.9. The van der Waals surface area contributed by atoms with Crippen molar-refractivity contribution >= 4 is 29.9 Å². The zero-order valence-electron chi connectivity index (χ0n) is 18.6. The highest BCUT2D eigenvalue weighted by molar-refractivity contribution is 14.0. The molecule has 0 radical (unpaired) electrons. The number of halogens is 1. The van der Waals surface area contributed by atoms with E-state index in [9.17, 15) is 0 Å². The minimum atomic E-state index is 0. The second kappa shape index (κ2) is 15.0. The molecular weight excluding hydrogens is 477 g/mol. The first kappa shape index (κ1) is 26.1. The van der Waals surface area contributed by atoms with Gasteiger partial charge in [-0.3, -0.25) is 14.8 Å². The number of benzene rings is 1. The molecule has 2 N–H and O–H groups in total. The van der Waals surface area contributed by atoms with E-state index < -0.39 is 0 Å². The summed E-state index contributed by atoms with van der Waals surface area (Å²) >= 11 is 0. The van der Waals surface area contributed by atoms with Crippen LogP contribution in [0.2, 0.25) is 0 Å². The van der Waals surface area contributed by atoms with E-state index in [-0.39, 0.29) is 24.0 Å². The fourth-order valence-electron chi connectivity index (χ4n) is 3.43. The van der Waals surface area contributed by atoms with E-state index in [1.54, 1.807) is 0 Å². The SMILES string of the molecule is CN=C(NCCC(C)N(C)Cc1ccccc1)NCC(C)CN1CCOCC1.I. The van der Waals surface area contributed by atoms with Gasteiger partial charge in [0.2, 0.25) is 0 Å². The topological polar surface area (TPSA) is 52.1 Å². The average Bonchev–Trinajstić information content (AvgIpc) is 2.71. The number of ether oxygens (including phenoxy) is 1. The smallest absolute Gasteiger partial charge is 0.190 e. The van der Waals surface area contributed by atoms with E-state index in [1.807, 2.05) is 7.05 Å².